The highest BCUT2D eigenvalue weighted by Crippen LogP contribution is 2.62. The Morgan fingerprint density at radius 3 is 1.54 bits per heavy atom. The zero-order chi connectivity index (χ0) is 26.6. The van der Waals surface area contributed by atoms with Gasteiger partial charge in [-0.15, -0.1) is 0 Å². The standard InChI is InChI=1S/C36H23ClO2/c37-26-21-19-25(20-22-26)36-29-17-9-7-15-27(29)31(28-16-8-10-18-30(28)36)32(34(38)23-11-3-1-4-12-23)33(36)35(39)24-13-5-2-6-14-24/h1-22,31H. The molecule has 0 saturated carbocycles. The third-order valence-corrected chi connectivity index (χ3v) is 8.36. The molecule has 0 heterocycles. The Morgan fingerprint density at radius 1 is 0.538 bits per heavy atom. The van der Waals surface area contributed by atoms with Gasteiger partial charge < -0.3 is 0 Å². The summed E-state index contributed by atoms with van der Waals surface area (Å²) in [6, 6.07) is 42.8. The van der Waals surface area contributed by atoms with E-state index >= 15 is 0 Å². The van der Waals surface area contributed by atoms with Crippen LogP contribution < -0.4 is 0 Å². The summed E-state index contributed by atoms with van der Waals surface area (Å²) in [4.78, 5) is 29.3. The van der Waals surface area contributed by atoms with Crippen molar-refractivity contribution in [2.24, 2.45) is 0 Å². The van der Waals surface area contributed by atoms with Crippen LogP contribution in [0.1, 0.15) is 54.5 Å². The van der Waals surface area contributed by atoms with E-state index in [1.807, 2.05) is 109 Å². The summed E-state index contributed by atoms with van der Waals surface area (Å²) in [5, 5.41) is 0.613. The van der Waals surface area contributed by atoms with Gasteiger partial charge in [-0.1, -0.05) is 133 Å². The van der Waals surface area contributed by atoms with Gasteiger partial charge in [-0.25, -0.2) is 0 Å². The van der Waals surface area contributed by atoms with Crippen LogP contribution in [-0.2, 0) is 5.41 Å². The van der Waals surface area contributed by atoms with Gasteiger partial charge in [0.05, 0.1) is 5.41 Å². The number of carbonyl (C=O) groups is 2. The van der Waals surface area contributed by atoms with E-state index in [1.165, 1.54) is 0 Å². The van der Waals surface area contributed by atoms with Crippen LogP contribution in [0.4, 0.5) is 0 Å². The summed E-state index contributed by atoms with van der Waals surface area (Å²) in [6.07, 6.45) is 0. The molecule has 0 N–H and O–H groups in total. The minimum absolute atomic E-state index is 0.123. The topological polar surface area (TPSA) is 34.1 Å². The number of ketones is 2. The first-order chi connectivity index (χ1) is 19.1. The molecule has 8 rings (SSSR count). The van der Waals surface area contributed by atoms with Crippen molar-refractivity contribution in [3.8, 4) is 0 Å². The van der Waals surface area contributed by atoms with Crippen LogP contribution >= 0.6 is 11.6 Å². The van der Waals surface area contributed by atoms with E-state index in [4.69, 9.17) is 11.6 Å². The molecule has 5 aromatic carbocycles. The molecule has 0 atom stereocenters. The summed E-state index contributed by atoms with van der Waals surface area (Å²) >= 11 is 6.37. The van der Waals surface area contributed by atoms with Crippen molar-refractivity contribution >= 4 is 23.2 Å². The monoisotopic (exact) mass is 522 g/mol. The number of rotatable bonds is 5. The van der Waals surface area contributed by atoms with Crippen molar-refractivity contribution in [2.45, 2.75) is 11.3 Å². The van der Waals surface area contributed by atoms with E-state index in [1.54, 1.807) is 0 Å². The zero-order valence-electron chi connectivity index (χ0n) is 21.0. The minimum Gasteiger partial charge on any atom is -0.289 e. The maximum Gasteiger partial charge on any atom is 0.191 e. The second-order valence-corrected chi connectivity index (χ2v) is 10.5. The lowest BCUT2D eigenvalue weighted by Gasteiger charge is -2.51. The fraction of sp³-hybridized carbons (Fsp3) is 0.0556. The predicted molar refractivity (Wildman–Crippen MR) is 155 cm³/mol. The van der Waals surface area contributed by atoms with Gasteiger partial charge in [-0.3, -0.25) is 9.59 Å². The van der Waals surface area contributed by atoms with Crippen molar-refractivity contribution in [3.05, 3.63) is 189 Å². The molecule has 2 bridgehead atoms. The average molecular weight is 523 g/mol. The number of carbonyl (C=O) groups excluding carboxylic acids is 2. The van der Waals surface area contributed by atoms with Gasteiger partial charge in [0.25, 0.3) is 0 Å². The third kappa shape index (κ3) is 3.35. The lowest BCUT2D eigenvalue weighted by Crippen LogP contribution is -2.47. The number of benzene rings is 5. The van der Waals surface area contributed by atoms with Crippen molar-refractivity contribution in [1.82, 2.24) is 0 Å². The van der Waals surface area contributed by atoms with E-state index in [0.717, 1.165) is 27.8 Å². The Hall–Kier alpha value is -4.53. The number of allylic oxidation sites excluding steroid dienone is 2. The molecule has 2 nitrogen and oxygen atoms in total. The first-order valence-electron chi connectivity index (χ1n) is 13.0. The number of Topliss-reactive ketones (excluding diaryl/α,β-unsaturated/α-hetero) is 2. The lowest BCUT2D eigenvalue weighted by atomic mass is 9.49. The molecular formula is C36H23ClO2. The minimum atomic E-state index is -0.987. The summed E-state index contributed by atoms with van der Waals surface area (Å²) in [5.41, 5.74) is 6.27. The Balaban J connectivity index is 1.67. The van der Waals surface area contributed by atoms with Gasteiger partial charge in [-0.2, -0.15) is 0 Å². The van der Waals surface area contributed by atoms with E-state index in [2.05, 4.69) is 24.3 Å². The van der Waals surface area contributed by atoms with E-state index < -0.39 is 5.41 Å². The first-order valence-corrected chi connectivity index (χ1v) is 13.4. The molecule has 3 aliphatic rings. The van der Waals surface area contributed by atoms with Crippen LogP contribution in [0, 0.1) is 0 Å². The third-order valence-electron chi connectivity index (χ3n) is 8.11. The second kappa shape index (κ2) is 9.04. The van der Waals surface area contributed by atoms with Gasteiger partial charge in [0.2, 0.25) is 0 Å². The average Bonchev–Trinajstić information content (AvgIpc) is 3.01. The molecule has 0 spiro atoms. The Morgan fingerprint density at radius 2 is 1.00 bits per heavy atom. The highest BCUT2D eigenvalue weighted by Gasteiger charge is 2.57. The van der Waals surface area contributed by atoms with E-state index in [-0.39, 0.29) is 17.5 Å². The van der Waals surface area contributed by atoms with Crippen LogP contribution in [0.5, 0.6) is 0 Å². The largest absolute Gasteiger partial charge is 0.289 e. The summed E-state index contributed by atoms with van der Waals surface area (Å²) in [7, 11) is 0. The Kier molecular flexibility index (Phi) is 5.47. The summed E-state index contributed by atoms with van der Waals surface area (Å²) in [6.45, 7) is 0. The van der Waals surface area contributed by atoms with Crippen LogP contribution in [0.3, 0.4) is 0 Å². The maximum absolute atomic E-state index is 14.8. The van der Waals surface area contributed by atoms with E-state index in [0.29, 0.717) is 27.3 Å². The summed E-state index contributed by atoms with van der Waals surface area (Å²) in [5.74, 6) is -0.622. The molecule has 0 unspecified atom stereocenters. The molecule has 0 saturated heterocycles. The maximum atomic E-state index is 14.8. The molecule has 3 aliphatic carbocycles. The SMILES string of the molecule is O=C(C1=C(C(=O)c2ccccc2)C2(c3ccc(Cl)cc3)c3ccccc3C1c1ccccc12)c1ccccc1. The molecule has 0 aromatic heterocycles. The summed E-state index contributed by atoms with van der Waals surface area (Å²) < 4.78 is 0. The molecule has 39 heavy (non-hydrogen) atoms. The highest BCUT2D eigenvalue weighted by molar-refractivity contribution is 6.30. The smallest absolute Gasteiger partial charge is 0.191 e. The number of hydrogen-bond acceptors (Lipinski definition) is 2. The van der Waals surface area contributed by atoms with Gasteiger partial charge in [0, 0.05) is 33.2 Å². The molecule has 0 fully saturated rings. The molecular weight excluding hydrogens is 500 g/mol. The second-order valence-electron chi connectivity index (χ2n) is 10.0. The van der Waals surface area contributed by atoms with Crippen molar-refractivity contribution in [2.75, 3.05) is 0 Å². The van der Waals surface area contributed by atoms with Crippen LogP contribution in [0.15, 0.2) is 145 Å². The zero-order valence-corrected chi connectivity index (χ0v) is 21.7. The lowest BCUT2D eigenvalue weighted by molar-refractivity contribution is 0.0982. The molecule has 186 valence electrons. The van der Waals surface area contributed by atoms with Gasteiger partial charge in [0.15, 0.2) is 11.6 Å². The normalized spacial score (nSPS) is 18.8. The van der Waals surface area contributed by atoms with Crippen molar-refractivity contribution in [1.29, 1.82) is 0 Å². The van der Waals surface area contributed by atoms with Crippen LogP contribution in [0.25, 0.3) is 0 Å². The molecule has 0 amide bonds. The molecule has 5 aromatic rings. The fourth-order valence-electron chi connectivity index (χ4n) is 6.59. The Labute approximate surface area is 232 Å². The molecule has 0 aliphatic heterocycles. The van der Waals surface area contributed by atoms with Gasteiger partial charge in [-0.05, 0) is 39.9 Å². The predicted octanol–water partition coefficient (Wildman–Crippen LogP) is 8.20. The molecule has 0 radical (unpaired) electrons. The molecule has 3 heteroatoms. The van der Waals surface area contributed by atoms with Gasteiger partial charge >= 0.3 is 0 Å². The van der Waals surface area contributed by atoms with Crippen molar-refractivity contribution < 1.29 is 9.59 Å². The number of hydrogen-bond donors (Lipinski definition) is 0. The number of halogens is 1. The van der Waals surface area contributed by atoms with Crippen molar-refractivity contribution in [3.63, 3.8) is 0 Å². The first kappa shape index (κ1) is 23.6. The Bertz CT molecular complexity index is 1740. The van der Waals surface area contributed by atoms with Gasteiger partial charge in [0.1, 0.15) is 0 Å². The fourth-order valence-corrected chi connectivity index (χ4v) is 6.72. The van der Waals surface area contributed by atoms with E-state index in [9.17, 15) is 9.59 Å². The quantitative estimate of drug-likeness (QED) is 0.218. The van der Waals surface area contributed by atoms with Crippen LogP contribution in [-0.4, -0.2) is 11.6 Å². The highest BCUT2D eigenvalue weighted by atomic mass is 35.5. The van der Waals surface area contributed by atoms with Crippen LogP contribution in [0.2, 0.25) is 5.02 Å².